The Hall–Kier alpha value is -1.59. The molecule has 52 heavy (non-hydrogen) atoms. The minimum Gasteiger partial charge on any atom is -0.462 e. The number of carbonyl (C=O) groups is 3. The summed E-state index contributed by atoms with van der Waals surface area (Å²) >= 11 is 0. The molecule has 0 saturated carbocycles. The third-order valence-corrected chi connectivity index (χ3v) is 10.2. The number of hydrogen-bond donors (Lipinski definition) is 0. The maximum absolute atomic E-state index is 12.6. The van der Waals surface area contributed by atoms with Crippen LogP contribution in [-0.4, -0.2) is 37.2 Å². The van der Waals surface area contributed by atoms with Crippen molar-refractivity contribution in [3.05, 3.63) is 0 Å². The molecule has 0 aliphatic rings. The van der Waals surface area contributed by atoms with E-state index in [9.17, 15) is 14.4 Å². The van der Waals surface area contributed by atoms with Crippen LogP contribution >= 0.6 is 0 Å². The zero-order valence-electron chi connectivity index (χ0n) is 35.4. The van der Waals surface area contributed by atoms with Gasteiger partial charge in [0, 0.05) is 19.3 Å². The average molecular weight is 737 g/mol. The van der Waals surface area contributed by atoms with Crippen LogP contribution in [0.2, 0.25) is 0 Å². The van der Waals surface area contributed by atoms with Crippen LogP contribution in [0.15, 0.2) is 0 Å². The van der Waals surface area contributed by atoms with E-state index in [-0.39, 0.29) is 31.1 Å². The molecule has 0 bridgehead atoms. The molecule has 0 spiro atoms. The molecule has 0 rings (SSSR count). The number of hydrogen-bond acceptors (Lipinski definition) is 6. The van der Waals surface area contributed by atoms with Gasteiger partial charge in [0.1, 0.15) is 13.2 Å². The average Bonchev–Trinajstić information content (AvgIpc) is 3.11. The summed E-state index contributed by atoms with van der Waals surface area (Å²) in [5.41, 5.74) is 0. The lowest BCUT2D eigenvalue weighted by Crippen LogP contribution is -2.30. The molecule has 308 valence electrons. The third-order valence-electron chi connectivity index (χ3n) is 10.2. The van der Waals surface area contributed by atoms with Gasteiger partial charge in [-0.15, -0.1) is 0 Å². The Labute approximate surface area is 323 Å². The quantitative estimate of drug-likeness (QED) is 0.0354. The van der Waals surface area contributed by atoms with E-state index in [1.165, 1.54) is 135 Å². The molecular weight excluding hydrogens is 649 g/mol. The van der Waals surface area contributed by atoms with E-state index in [1.807, 2.05) is 0 Å². The predicted molar refractivity (Wildman–Crippen MR) is 220 cm³/mol. The van der Waals surface area contributed by atoms with Gasteiger partial charge in [0.25, 0.3) is 0 Å². The first kappa shape index (κ1) is 50.4. The Morgan fingerprint density at radius 2 is 0.635 bits per heavy atom. The van der Waals surface area contributed by atoms with Crippen LogP contribution in [-0.2, 0) is 28.6 Å². The van der Waals surface area contributed by atoms with Crippen LogP contribution in [0.4, 0.5) is 0 Å². The Morgan fingerprint density at radius 1 is 0.365 bits per heavy atom. The van der Waals surface area contributed by atoms with Crippen molar-refractivity contribution in [1.29, 1.82) is 0 Å². The summed E-state index contributed by atoms with van der Waals surface area (Å²) in [5.74, 6) is 0.739. The molecule has 0 radical (unpaired) electrons. The number of carbonyl (C=O) groups excluding carboxylic acids is 3. The lowest BCUT2D eigenvalue weighted by atomic mass is 10.0. The minimum atomic E-state index is -0.759. The van der Waals surface area contributed by atoms with Crippen molar-refractivity contribution in [3.63, 3.8) is 0 Å². The Balaban J connectivity index is 4.17. The van der Waals surface area contributed by atoms with Gasteiger partial charge in [-0.1, -0.05) is 208 Å². The molecule has 0 fully saturated rings. The standard InChI is InChI=1S/C46H88O6/c1-6-7-8-9-19-26-31-36-44(47)50-39-43(52-46(49)38-33-28-23-22-25-30-35-42(4)5)40-51-45(48)37-32-27-21-18-16-14-12-10-11-13-15-17-20-24-29-34-41(2)3/h41-43H,6-40H2,1-5H3/t43-/m0/s1. The largest absolute Gasteiger partial charge is 0.462 e. The van der Waals surface area contributed by atoms with Crippen LogP contribution in [0.25, 0.3) is 0 Å². The molecular formula is C46H88O6. The first-order valence-corrected chi connectivity index (χ1v) is 22.7. The monoisotopic (exact) mass is 737 g/mol. The highest BCUT2D eigenvalue weighted by Gasteiger charge is 2.19. The molecule has 1 atom stereocenters. The van der Waals surface area contributed by atoms with E-state index < -0.39 is 6.10 Å². The Morgan fingerprint density at radius 3 is 0.942 bits per heavy atom. The summed E-state index contributed by atoms with van der Waals surface area (Å²) in [4.78, 5) is 37.5. The second-order valence-electron chi connectivity index (χ2n) is 16.6. The van der Waals surface area contributed by atoms with Crippen LogP contribution < -0.4 is 0 Å². The van der Waals surface area contributed by atoms with E-state index in [0.717, 1.165) is 69.6 Å². The van der Waals surface area contributed by atoms with Crippen LogP contribution in [0, 0.1) is 11.8 Å². The fraction of sp³-hybridized carbons (Fsp3) is 0.935. The van der Waals surface area contributed by atoms with Gasteiger partial charge in [0.2, 0.25) is 0 Å². The Bertz CT molecular complexity index is 794. The Kier molecular flexibility index (Phi) is 37.9. The van der Waals surface area contributed by atoms with Gasteiger partial charge < -0.3 is 14.2 Å². The van der Waals surface area contributed by atoms with E-state index in [0.29, 0.717) is 19.3 Å². The molecule has 0 aromatic heterocycles. The van der Waals surface area contributed by atoms with Gasteiger partial charge in [-0.3, -0.25) is 14.4 Å². The number of unbranched alkanes of at least 4 members (excludes halogenated alkanes) is 25. The summed E-state index contributed by atoms with van der Waals surface area (Å²) in [5, 5.41) is 0. The highest BCUT2D eigenvalue weighted by atomic mass is 16.6. The molecule has 0 heterocycles. The molecule has 0 saturated heterocycles. The van der Waals surface area contributed by atoms with Gasteiger partial charge in [-0.25, -0.2) is 0 Å². The van der Waals surface area contributed by atoms with E-state index >= 15 is 0 Å². The summed E-state index contributed by atoms with van der Waals surface area (Å²) in [7, 11) is 0. The first-order valence-electron chi connectivity index (χ1n) is 22.7. The molecule has 0 N–H and O–H groups in total. The number of rotatable bonds is 40. The fourth-order valence-corrected chi connectivity index (χ4v) is 6.75. The van der Waals surface area contributed by atoms with E-state index in [1.54, 1.807) is 0 Å². The van der Waals surface area contributed by atoms with Crippen molar-refractivity contribution < 1.29 is 28.6 Å². The van der Waals surface area contributed by atoms with E-state index in [2.05, 4.69) is 34.6 Å². The second-order valence-corrected chi connectivity index (χ2v) is 16.6. The predicted octanol–water partition coefficient (Wildman–Crippen LogP) is 14.2. The fourth-order valence-electron chi connectivity index (χ4n) is 6.75. The van der Waals surface area contributed by atoms with Gasteiger partial charge in [0.05, 0.1) is 0 Å². The van der Waals surface area contributed by atoms with Crippen molar-refractivity contribution in [3.8, 4) is 0 Å². The van der Waals surface area contributed by atoms with Crippen molar-refractivity contribution in [2.24, 2.45) is 11.8 Å². The summed E-state index contributed by atoms with van der Waals surface area (Å²) < 4.78 is 16.6. The van der Waals surface area contributed by atoms with Crippen molar-refractivity contribution in [2.45, 2.75) is 253 Å². The zero-order valence-corrected chi connectivity index (χ0v) is 35.4. The molecule has 0 aliphatic carbocycles. The van der Waals surface area contributed by atoms with Crippen molar-refractivity contribution >= 4 is 17.9 Å². The zero-order chi connectivity index (χ0) is 38.3. The molecule has 6 nitrogen and oxygen atoms in total. The van der Waals surface area contributed by atoms with Crippen LogP contribution in [0.1, 0.15) is 247 Å². The van der Waals surface area contributed by atoms with Crippen molar-refractivity contribution in [1.82, 2.24) is 0 Å². The molecule has 0 aromatic carbocycles. The molecule has 0 aliphatic heterocycles. The normalized spacial score (nSPS) is 12.1. The van der Waals surface area contributed by atoms with Gasteiger partial charge in [0.15, 0.2) is 6.10 Å². The van der Waals surface area contributed by atoms with Gasteiger partial charge in [-0.05, 0) is 31.1 Å². The van der Waals surface area contributed by atoms with Crippen LogP contribution in [0.3, 0.4) is 0 Å². The third kappa shape index (κ3) is 39.6. The summed E-state index contributed by atoms with van der Waals surface area (Å²) in [6, 6.07) is 0. The first-order chi connectivity index (χ1) is 25.2. The maximum Gasteiger partial charge on any atom is 0.306 e. The summed E-state index contributed by atoms with van der Waals surface area (Å²) in [6.07, 6.45) is 36.9. The number of ether oxygens (including phenoxy) is 3. The van der Waals surface area contributed by atoms with Gasteiger partial charge >= 0.3 is 17.9 Å². The lowest BCUT2D eigenvalue weighted by molar-refractivity contribution is -0.167. The topological polar surface area (TPSA) is 78.9 Å². The maximum atomic E-state index is 12.6. The minimum absolute atomic E-state index is 0.0660. The van der Waals surface area contributed by atoms with Crippen LogP contribution in [0.5, 0.6) is 0 Å². The second kappa shape index (κ2) is 39.1. The molecule has 0 unspecified atom stereocenters. The summed E-state index contributed by atoms with van der Waals surface area (Å²) in [6.45, 7) is 11.2. The molecule has 0 aromatic rings. The van der Waals surface area contributed by atoms with E-state index in [4.69, 9.17) is 14.2 Å². The smallest absolute Gasteiger partial charge is 0.306 e. The SMILES string of the molecule is CCCCCCCCCC(=O)OC[C@@H](COC(=O)CCCCCCCCCCCCCCCCCC(C)C)OC(=O)CCCCCCCCC(C)C. The lowest BCUT2D eigenvalue weighted by Gasteiger charge is -2.18. The highest BCUT2D eigenvalue weighted by molar-refractivity contribution is 5.71. The van der Waals surface area contributed by atoms with Crippen molar-refractivity contribution in [2.75, 3.05) is 13.2 Å². The highest BCUT2D eigenvalue weighted by Crippen LogP contribution is 2.16. The number of esters is 3. The van der Waals surface area contributed by atoms with Gasteiger partial charge in [-0.2, -0.15) is 0 Å². The molecule has 0 amide bonds. The molecule has 6 heteroatoms.